The summed E-state index contributed by atoms with van der Waals surface area (Å²) in [5.74, 6) is -0.735. The minimum atomic E-state index is -0.639. The van der Waals surface area contributed by atoms with Gasteiger partial charge < -0.3 is 11.1 Å². The molecule has 0 fully saturated rings. The Labute approximate surface area is 174 Å². The zero-order valence-electron chi connectivity index (χ0n) is 16.3. The first-order chi connectivity index (χ1) is 14.1. The number of aryl methyl sites for hydroxylation is 3. The van der Waals surface area contributed by atoms with Crippen molar-refractivity contribution in [3.05, 3.63) is 45.9 Å². The Morgan fingerprint density at radius 1 is 1.21 bits per heavy atom. The quantitative estimate of drug-likeness (QED) is 0.682. The van der Waals surface area contributed by atoms with E-state index in [9.17, 15) is 9.59 Å². The van der Waals surface area contributed by atoms with Gasteiger partial charge in [0.2, 0.25) is 5.91 Å². The molecule has 1 aliphatic carbocycles. The summed E-state index contributed by atoms with van der Waals surface area (Å²) in [7, 11) is 0. The number of hydrazone groups is 1. The molecule has 2 heterocycles. The third-order valence-electron chi connectivity index (χ3n) is 5.26. The molecule has 2 aromatic rings. The molecule has 0 saturated carbocycles. The van der Waals surface area contributed by atoms with Crippen LogP contribution < -0.4 is 16.1 Å². The number of anilines is 1. The fourth-order valence-corrected chi connectivity index (χ4v) is 4.94. The van der Waals surface area contributed by atoms with Crippen LogP contribution in [0.5, 0.6) is 0 Å². The summed E-state index contributed by atoms with van der Waals surface area (Å²) in [4.78, 5) is 30.5. The van der Waals surface area contributed by atoms with Crippen LogP contribution in [0.2, 0.25) is 0 Å². The lowest BCUT2D eigenvalue weighted by Gasteiger charge is -2.20. The number of benzene rings is 1. The molecule has 1 unspecified atom stereocenters. The van der Waals surface area contributed by atoms with Crippen LogP contribution in [-0.4, -0.2) is 35.1 Å². The number of nitrogens with two attached hydrogens (primary N) is 1. The highest BCUT2D eigenvalue weighted by Crippen LogP contribution is 2.27. The van der Waals surface area contributed by atoms with Gasteiger partial charge in [-0.25, -0.2) is 4.98 Å². The second-order valence-electron chi connectivity index (χ2n) is 7.39. The molecule has 7 nitrogen and oxygen atoms in total. The Hall–Kier alpha value is -2.74. The molecular formula is C21H25N5O2S. The number of thiazole rings is 1. The number of amides is 2. The van der Waals surface area contributed by atoms with Crippen molar-refractivity contribution in [3.8, 4) is 0 Å². The highest BCUT2D eigenvalue weighted by atomic mass is 32.1. The van der Waals surface area contributed by atoms with Crippen LogP contribution in [0.3, 0.4) is 0 Å². The standard InChI is InChI=1S/C21H25N5O2S/c22-20(27)17-13-16(25-26(17)14-7-2-1-3-8-14)21(28)23-12-6-11-19-24-15-9-4-5-10-18(15)29-19/h1-3,7-8,17H,4-6,9-13H2,(H2,22,27)(H,23,28). The van der Waals surface area contributed by atoms with Crippen LogP contribution in [0.15, 0.2) is 35.4 Å². The lowest BCUT2D eigenvalue weighted by molar-refractivity contribution is -0.119. The molecule has 1 aromatic heterocycles. The van der Waals surface area contributed by atoms with Gasteiger partial charge in [-0.3, -0.25) is 14.6 Å². The molecule has 152 valence electrons. The van der Waals surface area contributed by atoms with E-state index >= 15 is 0 Å². The molecule has 3 N–H and O–H groups in total. The summed E-state index contributed by atoms with van der Waals surface area (Å²) in [5.41, 5.74) is 7.88. The predicted octanol–water partition coefficient (Wildman–Crippen LogP) is 2.19. The van der Waals surface area contributed by atoms with Gasteiger partial charge in [-0.05, 0) is 44.2 Å². The lowest BCUT2D eigenvalue weighted by atomic mass is 10.0. The van der Waals surface area contributed by atoms with E-state index in [1.807, 2.05) is 41.7 Å². The van der Waals surface area contributed by atoms with E-state index in [2.05, 4.69) is 10.4 Å². The van der Waals surface area contributed by atoms with Gasteiger partial charge in [0.05, 0.1) is 16.4 Å². The molecule has 8 heteroatoms. The normalized spacial score (nSPS) is 18.3. The Kier molecular flexibility index (Phi) is 5.89. The first-order valence-corrected chi connectivity index (χ1v) is 10.9. The van der Waals surface area contributed by atoms with Crippen LogP contribution in [0.1, 0.15) is 41.3 Å². The minimum absolute atomic E-state index is 0.218. The van der Waals surface area contributed by atoms with Crippen LogP contribution in [0.25, 0.3) is 0 Å². The van der Waals surface area contributed by atoms with Gasteiger partial charge in [-0.2, -0.15) is 5.10 Å². The van der Waals surface area contributed by atoms with Crippen molar-refractivity contribution in [1.82, 2.24) is 10.3 Å². The van der Waals surface area contributed by atoms with E-state index in [4.69, 9.17) is 10.7 Å². The number of rotatable bonds is 7. The number of hydrogen-bond acceptors (Lipinski definition) is 6. The van der Waals surface area contributed by atoms with E-state index in [1.54, 1.807) is 0 Å². The number of hydrogen-bond donors (Lipinski definition) is 2. The highest BCUT2D eigenvalue weighted by molar-refractivity contribution is 7.11. The summed E-state index contributed by atoms with van der Waals surface area (Å²) in [6.45, 7) is 0.550. The van der Waals surface area contributed by atoms with Gasteiger partial charge in [0.1, 0.15) is 11.8 Å². The molecule has 1 aromatic carbocycles. The van der Waals surface area contributed by atoms with E-state index in [0.29, 0.717) is 12.3 Å². The van der Waals surface area contributed by atoms with Crippen molar-refractivity contribution < 1.29 is 9.59 Å². The van der Waals surface area contributed by atoms with Crippen molar-refractivity contribution >= 4 is 34.6 Å². The summed E-state index contributed by atoms with van der Waals surface area (Å²) in [5, 5.41) is 9.98. The van der Waals surface area contributed by atoms with E-state index < -0.39 is 11.9 Å². The number of primary amides is 1. The van der Waals surface area contributed by atoms with Crippen LogP contribution in [0, 0.1) is 0 Å². The zero-order valence-corrected chi connectivity index (χ0v) is 17.1. The number of carbonyl (C=O) groups excluding carboxylic acids is 2. The largest absolute Gasteiger partial charge is 0.368 e. The molecule has 0 radical (unpaired) electrons. The SMILES string of the molecule is NC(=O)C1CC(C(=O)NCCCc2nc3c(s2)CCCC3)=NN1c1ccccc1. The van der Waals surface area contributed by atoms with Crippen LogP contribution in [0.4, 0.5) is 5.69 Å². The maximum atomic E-state index is 12.5. The Morgan fingerprint density at radius 3 is 2.76 bits per heavy atom. The third-order valence-corrected chi connectivity index (χ3v) is 6.48. The molecular weight excluding hydrogens is 386 g/mol. The van der Waals surface area contributed by atoms with Crippen molar-refractivity contribution in [2.24, 2.45) is 10.8 Å². The molecule has 2 aliphatic rings. The van der Waals surface area contributed by atoms with Crippen LogP contribution >= 0.6 is 11.3 Å². The van der Waals surface area contributed by atoms with E-state index in [-0.39, 0.29) is 12.3 Å². The predicted molar refractivity (Wildman–Crippen MR) is 114 cm³/mol. The van der Waals surface area contributed by atoms with Gasteiger partial charge in [0.25, 0.3) is 5.91 Å². The number of nitrogens with one attached hydrogen (secondary N) is 1. The van der Waals surface area contributed by atoms with Gasteiger partial charge in [-0.1, -0.05) is 18.2 Å². The Balaban J connectivity index is 1.31. The second-order valence-corrected chi connectivity index (χ2v) is 8.56. The van der Waals surface area contributed by atoms with E-state index in [0.717, 1.165) is 36.4 Å². The number of carbonyl (C=O) groups is 2. The van der Waals surface area contributed by atoms with Crippen LogP contribution in [-0.2, 0) is 28.9 Å². The molecule has 4 rings (SSSR count). The number of nitrogens with zero attached hydrogens (tertiary/aromatic N) is 3. The van der Waals surface area contributed by atoms with Crippen molar-refractivity contribution in [1.29, 1.82) is 0 Å². The minimum Gasteiger partial charge on any atom is -0.368 e. The Bertz CT molecular complexity index is 901. The summed E-state index contributed by atoms with van der Waals surface area (Å²) in [6, 6.07) is 8.64. The van der Waals surface area contributed by atoms with Gasteiger partial charge >= 0.3 is 0 Å². The Morgan fingerprint density at radius 2 is 2.00 bits per heavy atom. The summed E-state index contributed by atoms with van der Waals surface area (Å²) < 4.78 is 0. The van der Waals surface area contributed by atoms with E-state index in [1.165, 1.54) is 28.4 Å². The first kappa shape index (κ1) is 19.6. The fraction of sp³-hybridized carbons (Fsp3) is 0.429. The highest BCUT2D eigenvalue weighted by Gasteiger charge is 2.34. The second kappa shape index (κ2) is 8.73. The molecule has 1 aliphatic heterocycles. The molecule has 0 saturated heterocycles. The first-order valence-electron chi connectivity index (χ1n) is 10.1. The van der Waals surface area contributed by atoms with Gasteiger partial charge in [-0.15, -0.1) is 11.3 Å². The summed E-state index contributed by atoms with van der Waals surface area (Å²) >= 11 is 1.82. The van der Waals surface area contributed by atoms with Crippen molar-refractivity contribution in [2.75, 3.05) is 11.6 Å². The maximum absolute atomic E-state index is 12.5. The molecule has 0 spiro atoms. The summed E-state index contributed by atoms with van der Waals surface area (Å²) in [6.07, 6.45) is 6.66. The van der Waals surface area contributed by atoms with Gasteiger partial charge in [0, 0.05) is 24.3 Å². The van der Waals surface area contributed by atoms with Crippen molar-refractivity contribution in [3.63, 3.8) is 0 Å². The number of aromatic nitrogens is 1. The molecule has 1 atom stereocenters. The monoisotopic (exact) mass is 411 g/mol. The fourth-order valence-electron chi connectivity index (χ4n) is 3.74. The molecule has 2 amide bonds. The lowest BCUT2D eigenvalue weighted by Crippen LogP contribution is -2.40. The average Bonchev–Trinajstić information content (AvgIpc) is 3.36. The topological polar surface area (TPSA) is 101 Å². The number of para-hydroxylation sites is 1. The van der Waals surface area contributed by atoms with Gasteiger partial charge in [0.15, 0.2) is 0 Å². The number of fused-ring (bicyclic) bond motifs is 1. The smallest absolute Gasteiger partial charge is 0.267 e. The molecule has 29 heavy (non-hydrogen) atoms. The third kappa shape index (κ3) is 4.48. The molecule has 0 bridgehead atoms. The average molecular weight is 412 g/mol. The zero-order chi connectivity index (χ0) is 20.2. The van der Waals surface area contributed by atoms with Crippen molar-refractivity contribution in [2.45, 2.75) is 51.0 Å². The maximum Gasteiger partial charge on any atom is 0.267 e.